The highest BCUT2D eigenvalue weighted by molar-refractivity contribution is 7.99. The van der Waals surface area contributed by atoms with E-state index in [1.54, 1.807) is 32.5 Å². The van der Waals surface area contributed by atoms with Gasteiger partial charge < -0.3 is 15.4 Å². The lowest BCUT2D eigenvalue weighted by atomic mass is 9.91. The Balaban J connectivity index is 1.35. The van der Waals surface area contributed by atoms with Gasteiger partial charge in [0.2, 0.25) is 11.8 Å². The van der Waals surface area contributed by atoms with Crippen LogP contribution < -0.4 is 10.6 Å². The van der Waals surface area contributed by atoms with Gasteiger partial charge in [-0.3, -0.25) is 24.2 Å². The maximum absolute atomic E-state index is 13.6. The summed E-state index contributed by atoms with van der Waals surface area (Å²) in [4.78, 5) is 55.7. The van der Waals surface area contributed by atoms with Crippen molar-refractivity contribution in [3.05, 3.63) is 35.9 Å². The zero-order chi connectivity index (χ0) is 30.1. The highest BCUT2D eigenvalue weighted by atomic mass is 32.2. The van der Waals surface area contributed by atoms with Crippen molar-refractivity contribution >= 4 is 35.5 Å². The van der Waals surface area contributed by atoms with Crippen LogP contribution in [0.4, 0.5) is 4.79 Å². The smallest absolute Gasteiger partial charge is 0.411 e. The maximum atomic E-state index is 13.6. The van der Waals surface area contributed by atoms with Gasteiger partial charge in [0.25, 0.3) is 0 Å². The SMILES string of the molecule is CC(C)(C)OC(=O)N1CC(=O)C[C@H]1C(=O)N[C@@H](CSCC1CCCCC1)C(=O)NC1CCN(Cc2ccccc2)CC1. The Morgan fingerprint density at radius 3 is 2.38 bits per heavy atom. The van der Waals surface area contributed by atoms with Gasteiger partial charge >= 0.3 is 6.09 Å². The van der Waals surface area contributed by atoms with Crippen molar-refractivity contribution in [1.29, 1.82) is 0 Å². The van der Waals surface area contributed by atoms with E-state index in [-0.39, 0.29) is 30.7 Å². The van der Waals surface area contributed by atoms with Gasteiger partial charge in [0.1, 0.15) is 17.7 Å². The molecule has 1 saturated carbocycles. The first-order valence-electron chi connectivity index (χ1n) is 15.5. The van der Waals surface area contributed by atoms with Gasteiger partial charge in [-0.05, 0) is 63.7 Å². The molecule has 1 aliphatic carbocycles. The largest absolute Gasteiger partial charge is 0.444 e. The zero-order valence-corrected chi connectivity index (χ0v) is 26.3. The molecule has 3 fully saturated rings. The molecule has 0 radical (unpaired) electrons. The summed E-state index contributed by atoms with van der Waals surface area (Å²) in [5.41, 5.74) is 0.530. The summed E-state index contributed by atoms with van der Waals surface area (Å²) in [6.07, 6.45) is 7.16. The van der Waals surface area contributed by atoms with Crippen molar-refractivity contribution in [2.45, 2.75) is 102 Å². The molecule has 1 aromatic carbocycles. The van der Waals surface area contributed by atoms with E-state index in [0.29, 0.717) is 11.7 Å². The van der Waals surface area contributed by atoms with Gasteiger partial charge in [-0.1, -0.05) is 49.6 Å². The number of nitrogens with one attached hydrogen (secondary N) is 2. The molecule has 2 heterocycles. The van der Waals surface area contributed by atoms with Gasteiger partial charge in [0.05, 0.1) is 6.54 Å². The summed E-state index contributed by atoms with van der Waals surface area (Å²) < 4.78 is 5.45. The van der Waals surface area contributed by atoms with Crippen molar-refractivity contribution in [2.75, 3.05) is 31.1 Å². The Morgan fingerprint density at radius 1 is 1.02 bits per heavy atom. The number of thioether (sulfide) groups is 1. The number of Topliss-reactive ketones (excluding diaryl/α,β-unsaturated/α-hetero) is 1. The molecule has 3 aliphatic rings. The van der Waals surface area contributed by atoms with Crippen molar-refractivity contribution in [3.8, 4) is 0 Å². The third kappa shape index (κ3) is 10.0. The van der Waals surface area contributed by atoms with Crippen LogP contribution in [-0.4, -0.2) is 88.4 Å². The number of hydrogen-bond acceptors (Lipinski definition) is 7. The van der Waals surface area contributed by atoms with E-state index < -0.39 is 29.7 Å². The molecule has 0 unspecified atom stereocenters. The number of rotatable bonds is 10. The van der Waals surface area contributed by atoms with Crippen LogP contribution in [0.5, 0.6) is 0 Å². The average Bonchev–Trinajstić information content (AvgIpc) is 3.36. The number of amides is 3. The molecule has 0 aromatic heterocycles. The monoisotopic (exact) mass is 600 g/mol. The normalized spacial score (nSPS) is 21.6. The summed E-state index contributed by atoms with van der Waals surface area (Å²) in [6, 6.07) is 8.71. The number of piperidine rings is 1. The molecular formula is C32H48N4O5S. The standard InChI is InChI=1S/C32H48N4O5S/c1-32(2,3)41-31(40)36-20-26(37)18-28(36)30(39)34-27(22-42-21-24-12-8-5-9-13-24)29(38)33-25-14-16-35(17-15-25)19-23-10-6-4-7-11-23/h4,6-7,10-11,24-25,27-28H,5,8-9,12-22H2,1-3H3,(H,33,38)(H,34,39)/t27-,28-/m0/s1. The number of likely N-dealkylation sites (tertiary alicyclic amines) is 2. The average molecular weight is 601 g/mol. The second-order valence-electron chi connectivity index (χ2n) is 13.0. The van der Waals surface area contributed by atoms with Crippen LogP contribution in [0.15, 0.2) is 30.3 Å². The van der Waals surface area contributed by atoms with Gasteiger partial charge in [0.15, 0.2) is 5.78 Å². The topological polar surface area (TPSA) is 108 Å². The molecule has 0 spiro atoms. The molecule has 2 atom stereocenters. The minimum atomic E-state index is -0.979. The minimum absolute atomic E-state index is 0.0404. The molecule has 2 N–H and O–H groups in total. The Labute approximate surface area is 254 Å². The number of benzene rings is 1. The fourth-order valence-corrected chi connectivity index (χ4v) is 7.25. The number of carbonyl (C=O) groups is 4. The Bertz CT molecular complexity index is 1060. The predicted octanol–water partition coefficient (Wildman–Crippen LogP) is 4.14. The Kier molecular flexibility index (Phi) is 11.7. The molecule has 232 valence electrons. The highest BCUT2D eigenvalue weighted by Gasteiger charge is 2.42. The third-order valence-electron chi connectivity index (χ3n) is 8.25. The first-order chi connectivity index (χ1) is 20.1. The van der Waals surface area contributed by atoms with E-state index in [0.717, 1.165) is 38.2 Å². The first-order valence-corrected chi connectivity index (χ1v) is 16.7. The van der Waals surface area contributed by atoms with Crippen LogP contribution in [0.3, 0.4) is 0 Å². The third-order valence-corrected chi connectivity index (χ3v) is 9.53. The zero-order valence-electron chi connectivity index (χ0n) is 25.4. The summed E-state index contributed by atoms with van der Waals surface area (Å²) in [6.45, 7) is 7.74. The minimum Gasteiger partial charge on any atom is -0.444 e. The van der Waals surface area contributed by atoms with E-state index in [4.69, 9.17) is 4.74 Å². The van der Waals surface area contributed by atoms with E-state index in [9.17, 15) is 19.2 Å². The second-order valence-corrected chi connectivity index (χ2v) is 14.1. The van der Waals surface area contributed by atoms with Crippen LogP contribution in [-0.2, 0) is 25.7 Å². The van der Waals surface area contributed by atoms with Gasteiger partial charge in [0, 0.05) is 37.8 Å². The molecule has 2 aliphatic heterocycles. The van der Waals surface area contributed by atoms with Crippen LogP contribution in [0.1, 0.15) is 77.7 Å². The Morgan fingerprint density at radius 2 is 1.71 bits per heavy atom. The molecular weight excluding hydrogens is 552 g/mol. The lowest BCUT2D eigenvalue weighted by Crippen LogP contribution is -2.56. The van der Waals surface area contributed by atoms with E-state index in [1.807, 2.05) is 6.07 Å². The van der Waals surface area contributed by atoms with Crippen molar-refractivity contribution < 1.29 is 23.9 Å². The van der Waals surface area contributed by atoms with E-state index in [1.165, 1.54) is 42.6 Å². The van der Waals surface area contributed by atoms with Gasteiger partial charge in [-0.15, -0.1) is 0 Å². The number of ether oxygens (including phenoxy) is 1. The second kappa shape index (κ2) is 15.2. The lowest BCUT2D eigenvalue weighted by Gasteiger charge is -2.33. The summed E-state index contributed by atoms with van der Waals surface area (Å²) in [7, 11) is 0. The van der Waals surface area contributed by atoms with Crippen LogP contribution in [0.2, 0.25) is 0 Å². The number of nitrogens with zero attached hydrogens (tertiary/aromatic N) is 2. The number of hydrogen-bond donors (Lipinski definition) is 2. The van der Waals surface area contributed by atoms with Gasteiger partial charge in [-0.2, -0.15) is 11.8 Å². The summed E-state index contributed by atoms with van der Waals surface area (Å²) in [5.74, 6) is 1.18. The number of carbonyl (C=O) groups excluding carboxylic acids is 4. The molecule has 4 rings (SSSR count). The molecule has 3 amide bonds. The first kappa shape index (κ1) is 32.3. The highest BCUT2D eigenvalue weighted by Crippen LogP contribution is 2.27. The van der Waals surface area contributed by atoms with E-state index >= 15 is 0 Å². The van der Waals surface area contributed by atoms with Crippen LogP contribution >= 0.6 is 11.8 Å². The fraction of sp³-hybridized carbons (Fsp3) is 0.688. The lowest BCUT2D eigenvalue weighted by molar-refractivity contribution is -0.131. The molecule has 1 aromatic rings. The summed E-state index contributed by atoms with van der Waals surface area (Å²) in [5, 5.41) is 6.11. The summed E-state index contributed by atoms with van der Waals surface area (Å²) >= 11 is 1.70. The molecule has 10 heteroatoms. The molecule has 2 saturated heterocycles. The predicted molar refractivity (Wildman–Crippen MR) is 165 cm³/mol. The quantitative estimate of drug-likeness (QED) is 0.416. The maximum Gasteiger partial charge on any atom is 0.411 e. The number of ketones is 1. The van der Waals surface area contributed by atoms with Gasteiger partial charge in [-0.25, -0.2) is 4.79 Å². The van der Waals surface area contributed by atoms with E-state index in [2.05, 4.69) is 39.8 Å². The van der Waals surface area contributed by atoms with Crippen molar-refractivity contribution in [1.82, 2.24) is 20.4 Å². The molecule has 9 nitrogen and oxygen atoms in total. The van der Waals surface area contributed by atoms with Crippen molar-refractivity contribution in [3.63, 3.8) is 0 Å². The van der Waals surface area contributed by atoms with Crippen LogP contribution in [0, 0.1) is 5.92 Å². The van der Waals surface area contributed by atoms with Crippen LogP contribution in [0.25, 0.3) is 0 Å². The molecule has 42 heavy (non-hydrogen) atoms. The fourth-order valence-electron chi connectivity index (χ4n) is 5.97. The van der Waals surface area contributed by atoms with Crippen molar-refractivity contribution in [2.24, 2.45) is 5.92 Å². The molecule has 0 bridgehead atoms. The Hall–Kier alpha value is -2.59.